The molecule has 2 aromatic rings. The van der Waals surface area contributed by atoms with Crippen LogP contribution in [0.15, 0.2) is 12.1 Å². The fourth-order valence-electron chi connectivity index (χ4n) is 2.07. The van der Waals surface area contributed by atoms with Gasteiger partial charge in [0.15, 0.2) is 0 Å². The number of nitrogens with one attached hydrogen (secondary N) is 1. The summed E-state index contributed by atoms with van der Waals surface area (Å²) in [5, 5.41) is 9.04. The maximum Gasteiger partial charge on any atom is 0.338 e. The van der Waals surface area contributed by atoms with Crippen LogP contribution in [0.1, 0.15) is 23.1 Å². The Bertz CT molecular complexity index is 609. The quantitative estimate of drug-likeness (QED) is 0.870. The van der Waals surface area contributed by atoms with Crippen LogP contribution in [0, 0.1) is 11.7 Å². The average molecular weight is 266 g/mol. The van der Waals surface area contributed by atoms with Crippen molar-refractivity contribution in [3.8, 4) is 0 Å². The molecule has 5 nitrogen and oxygen atoms in total. The number of aromatic carboxylic acids is 1. The second-order valence-electron chi connectivity index (χ2n) is 4.60. The van der Waals surface area contributed by atoms with Crippen LogP contribution in [-0.4, -0.2) is 34.8 Å². The van der Waals surface area contributed by atoms with E-state index in [2.05, 4.69) is 9.97 Å². The first-order valence-corrected chi connectivity index (χ1v) is 5.91. The van der Waals surface area contributed by atoms with Gasteiger partial charge < -0.3 is 14.8 Å². The number of hydrogen-bond acceptors (Lipinski definition) is 3. The molecular weight excluding hydrogens is 251 g/mol. The molecule has 2 rings (SSSR count). The van der Waals surface area contributed by atoms with E-state index in [1.165, 1.54) is 6.07 Å². The lowest BCUT2D eigenvalue weighted by atomic mass is 10.1. The van der Waals surface area contributed by atoms with Crippen molar-refractivity contribution in [1.29, 1.82) is 0 Å². The smallest absolute Gasteiger partial charge is 0.338 e. The van der Waals surface area contributed by atoms with E-state index in [9.17, 15) is 9.18 Å². The third-order valence-corrected chi connectivity index (χ3v) is 2.82. The topological polar surface area (TPSA) is 75.2 Å². The predicted octanol–water partition coefficient (Wildman–Crippen LogP) is 2.23. The fraction of sp³-hybridized carbons (Fsp3) is 0.385. The summed E-state index contributed by atoms with van der Waals surface area (Å²) in [6.45, 7) is 2.58. The average Bonchev–Trinajstić information content (AvgIpc) is 2.69. The molecule has 0 saturated heterocycles. The minimum atomic E-state index is -1.19. The molecule has 19 heavy (non-hydrogen) atoms. The van der Waals surface area contributed by atoms with E-state index in [1.54, 1.807) is 7.11 Å². The van der Waals surface area contributed by atoms with Gasteiger partial charge in [0.05, 0.1) is 11.1 Å². The van der Waals surface area contributed by atoms with Crippen LogP contribution >= 0.6 is 0 Å². The Labute approximate surface area is 109 Å². The first-order chi connectivity index (χ1) is 9.01. The molecule has 1 atom stereocenters. The number of carbonyl (C=O) groups is 1. The Morgan fingerprint density at radius 1 is 1.58 bits per heavy atom. The highest BCUT2D eigenvalue weighted by atomic mass is 19.1. The summed E-state index contributed by atoms with van der Waals surface area (Å²) in [5.41, 5.74) is 0.558. The van der Waals surface area contributed by atoms with Crippen LogP contribution in [0.3, 0.4) is 0 Å². The number of carboxylic acids is 1. The number of benzene rings is 1. The molecule has 0 fully saturated rings. The van der Waals surface area contributed by atoms with Gasteiger partial charge >= 0.3 is 5.97 Å². The number of H-pyrrole nitrogens is 1. The highest BCUT2D eigenvalue weighted by Crippen LogP contribution is 2.20. The largest absolute Gasteiger partial charge is 0.478 e. The number of halogens is 1. The number of fused-ring (bicyclic) bond motifs is 1. The van der Waals surface area contributed by atoms with Crippen LogP contribution in [-0.2, 0) is 11.2 Å². The minimum Gasteiger partial charge on any atom is -0.478 e. The van der Waals surface area contributed by atoms with E-state index in [0.29, 0.717) is 24.4 Å². The van der Waals surface area contributed by atoms with Crippen molar-refractivity contribution in [3.05, 3.63) is 29.3 Å². The third kappa shape index (κ3) is 2.90. The summed E-state index contributed by atoms with van der Waals surface area (Å²) >= 11 is 0. The molecule has 0 bridgehead atoms. The number of carboxylic acid groups (broad SMARTS) is 1. The van der Waals surface area contributed by atoms with Gasteiger partial charge in [0.2, 0.25) is 0 Å². The van der Waals surface area contributed by atoms with Crippen molar-refractivity contribution < 1.29 is 19.0 Å². The van der Waals surface area contributed by atoms with Crippen molar-refractivity contribution >= 4 is 17.0 Å². The van der Waals surface area contributed by atoms with Crippen LogP contribution in [0.25, 0.3) is 11.0 Å². The number of aromatic nitrogens is 2. The molecule has 0 aliphatic carbocycles. The lowest BCUT2D eigenvalue weighted by Gasteiger charge is -2.06. The van der Waals surface area contributed by atoms with Gasteiger partial charge in [-0.25, -0.2) is 14.2 Å². The Morgan fingerprint density at radius 2 is 2.32 bits per heavy atom. The molecule has 1 aromatic heterocycles. The van der Waals surface area contributed by atoms with Gasteiger partial charge in [0.25, 0.3) is 0 Å². The van der Waals surface area contributed by atoms with Crippen molar-refractivity contribution in [2.45, 2.75) is 13.3 Å². The van der Waals surface area contributed by atoms with Gasteiger partial charge in [-0.15, -0.1) is 0 Å². The van der Waals surface area contributed by atoms with E-state index in [4.69, 9.17) is 9.84 Å². The van der Waals surface area contributed by atoms with Crippen LogP contribution in [0.5, 0.6) is 0 Å². The zero-order valence-electron chi connectivity index (χ0n) is 10.7. The molecule has 0 amide bonds. The van der Waals surface area contributed by atoms with Crippen molar-refractivity contribution in [1.82, 2.24) is 9.97 Å². The Kier molecular flexibility index (Phi) is 3.80. The second-order valence-corrected chi connectivity index (χ2v) is 4.60. The minimum absolute atomic E-state index is 0.128. The highest BCUT2D eigenvalue weighted by molar-refractivity contribution is 6.00. The molecule has 0 radical (unpaired) electrons. The molecule has 2 N–H and O–H groups in total. The number of imidazole rings is 1. The Hall–Kier alpha value is -1.95. The molecule has 0 aliphatic heterocycles. The summed E-state index contributed by atoms with van der Waals surface area (Å²) in [6, 6.07) is 2.23. The van der Waals surface area contributed by atoms with Gasteiger partial charge in [-0.3, -0.25) is 0 Å². The first kappa shape index (κ1) is 13.5. The molecule has 6 heteroatoms. The summed E-state index contributed by atoms with van der Waals surface area (Å²) < 4.78 is 18.4. The first-order valence-electron chi connectivity index (χ1n) is 5.91. The highest BCUT2D eigenvalue weighted by Gasteiger charge is 2.16. The van der Waals surface area contributed by atoms with Crippen molar-refractivity contribution in [2.75, 3.05) is 13.7 Å². The lowest BCUT2D eigenvalue weighted by Crippen LogP contribution is -2.08. The second kappa shape index (κ2) is 5.36. The monoisotopic (exact) mass is 266 g/mol. The molecular formula is C13H15FN2O3. The summed E-state index contributed by atoms with van der Waals surface area (Å²) in [7, 11) is 1.62. The van der Waals surface area contributed by atoms with E-state index in [0.717, 1.165) is 6.07 Å². The van der Waals surface area contributed by atoms with E-state index in [-0.39, 0.29) is 17.0 Å². The normalized spacial score (nSPS) is 12.8. The number of rotatable bonds is 5. The molecule has 1 unspecified atom stereocenters. The Balaban J connectivity index is 2.39. The number of hydrogen-bond donors (Lipinski definition) is 2. The zero-order valence-corrected chi connectivity index (χ0v) is 10.7. The van der Waals surface area contributed by atoms with Crippen molar-refractivity contribution in [2.24, 2.45) is 5.92 Å². The maximum absolute atomic E-state index is 13.3. The molecule has 0 spiro atoms. The molecule has 0 saturated carbocycles. The lowest BCUT2D eigenvalue weighted by molar-refractivity contribution is 0.0698. The van der Waals surface area contributed by atoms with Gasteiger partial charge in [0, 0.05) is 20.1 Å². The molecule has 102 valence electrons. The number of nitrogens with zero attached hydrogens (tertiary/aromatic N) is 1. The van der Waals surface area contributed by atoms with Crippen LogP contribution < -0.4 is 0 Å². The van der Waals surface area contributed by atoms with Gasteiger partial charge in [-0.2, -0.15) is 0 Å². The SMILES string of the molecule is COCC(C)Cc1nc2c(C(=O)O)cc(F)cc2[nH]1. The van der Waals surface area contributed by atoms with Gasteiger partial charge in [0.1, 0.15) is 17.2 Å². The summed E-state index contributed by atoms with van der Waals surface area (Å²) in [5.74, 6) is -0.908. The standard InChI is InChI=1S/C13H15FN2O3/c1-7(6-19-2)3-11-15-10-5-8(14)4-9(13(17)18)12(10)16-11/h4-5,7H,3,6H2,1-2H3,(H,15,16)(H,17,18). The van der Waals surface area contributed by atoms with Gasteiger partial charge in [-0.05, 0) is 18.1 Å². The number of ether oxygens (including phenoxy) is 1. The van der Waals surface area contributed by atoms with E-state index in [1.807, 2.05) is 6.92 Å². The summed E-state index contributed by atoms with van der Waals surface area (Å²) in [6.07, 6.45) is 0.614. The zero-order chi connectivity index (χ0) is 14.0. The molecule has 0 aliphatic rings. The number of aromatic amines is 1. The number of methoxy groups -OCH3 is 1. The fourth-order valence-corrected chi connectivity index (χ4v) is 2.07. The maximum atomic E-state index is 13.3. The molecule has 1 heterocycles. The van der Waals surface area contributed by atoms with Crippen molar-refractivity contribution in [3.63, 3.8) is 0 Å². The molecule has 1 aromatic carbocycles. The Morgan fingerprint density at radius 3 is 2.95 bits per heavy atom. The van der Waals surface area contributed by atoms with Crippen LogP contribution in [0.4, 0.5) is 4.39 Å². The van der Waals surface area contributed by atoms with E-state index < -0.39 is 11.8 Å². The third-order valence-electron chi connectivity index (χ3n) is 2.82. The van der Waals surface area contributed by atoms with Gasteiger partial charge in [-0.1, -0.05) is 6.92 Å². The van der Waals surface area contributed by atoms with E-state index >= 15 is 0 Å². The summed E-state index contributed by atoms with van der Waals surface area (Å²) in [4.78, 5) is 18.3. The predicted molar refractivity (Wildman–Crippen MR) is 67.8 cm³/mol. The van der Waals surface area contributed by atoms with Crippen LogP contribution in [0.2, 0.25) is 0 Å².